The molecule has 0 amide bonds. The maximum atomic E-state index is 11.2. The molecule has 84 valence electrons. The molecule has 0 aromatic heterocycles. The third-order valence-corrected chi connectivity index (χ3v) is 1.42. The van der Waals surface area contributed by atoms with Crippen molar-refractivity contribution in [3.63, 3.8) is 0 Å². The van der Waals surface area contributed by atoms with Gasteiger partial charge in [-0.05, 0) is 20.8 Å². The molecule has 5 heteroatoms. The molecule has 0 unspecified atom stereocenters. The Labute approximate surface area is 88.0 Å². The highest BCUT2D eigenvalue weighted by atomic mass is 16.5. The van der Waals surface area contributed by atoms with Gasteiger partial charge < -0.3 is 9.47 Å². The molecular formula is C10H14O5. The van der Waals surface area contributed by atoms with Gasteiger partial charge >= 0.3 is 11.9 Å². The number of carbonyl (C=O) groups is 3. The van der Waals surface area contributed by atoms with Crippen LogP contribution in [0.1, 0.15) is 20.8 Å². The van der Waals surface area contributed by atoms with Gasteiger partial charge in [0.1, 0.15) is 5.57 Å². The zero-order chi connectivity index (χ0) is 11.8. The minimum Gasteiger partial charge on any atom is -0.463 e. The van der Waals surface area contributed by atoms with Crippen LogP contribution in [0.3, 0.4) is 0 Å². The maximum Gasteiger partial charge on any atom is 0.342 e. The van der Waals surface area contributed by atoms with E-state index in [0.717, 1.165) is 6.08 Å². The summed E-state index contributed by atoms with van der Waals surface area (Å²) in [5.41, 5.74) is -0.296. The van der Waals surface area contributed by atoms with Crippen molar-refractivity contribution in [1.29, 1.82) is 0 Å². The van der Waals surface area contributed by atoms with E-state index in [0.29, 0.717) is 0 Å². The fourth-order valence-corrected chi connectivity index (χ4v) is 0.815. The van der Waals surface area contributed by atoms with Gasteiger partial charge in [0.2, 0.25) is 0 Å². The van der Waals surface area contributed by atoms with E-state index in [1.54, 1.807) is 13.8 Å². The van der Waals surface area contributed by atoms with Crippen molar-refractivity contribution in [1.82, 2.24) is 0 Å². The van der Waals surface area contributed by atoms with Crippen LogP contribution in [0.25, 0.3) is 0 Å². The van der Waals surface area contributed by atoms with Gasteiger partial charge in [0.05, 0.1) is 13.2 Å². The van der Waals surface area contributed by atoms with Crippen molar-refractivity contribution in [2.24, 2.45) is 0 Å². The standard InChI is InChI=1S/C10H14O5/c1-4-14-9(12)6-8(7(3)11)10(13)15-5-2/h6H,4-5H2,1-3H3/b8-6+. The third-order valence-electron chi connectivity index (χ3n) is 1.42. The first-order chi connectivity index (χ1) is 7.02. The highest BCUT2D eigenvalue weighted by molar-refractivity contribution is 6.19. The molecule has 5 nitrogen and oxygen atoms in total. The molecular weight excluding hydrogens is 200 g/mol. The molecule has 0 spiro atoms. The first kappa shape index (κ1) is 13.4. The molecule has 0 bridgehead atoms. The third kappa shape index (κ3) is 4.95. The lowest BCUT2D eigenvalue weighted by Gasteiger charge is -2.03. The van der Waals surface area contributed by atoms with Gasteiger partial charge in [-0.25, -0.2) is 9.59 Å². The lowest BCUT2D eigenvalue weighted by molar-refractivity contribution is -0.142. The van der Waals surface area contributed by atoms with E-state index in [1.807, 2.05) is 0 Å². The first-order valence-corrected chi connectivity index (χ1v) is 4.59. The summed E-state index contributed by atoms with van der Waals surface area (Å²) in [6, 6.07) is 0. The molecule has 0 radical (unpaired) electrons. The Kier molecular flexibility index (Phi) is 6.01. The predicted octanol–water partition coefficient (Wildman–Crippen LogP) is 0.628. The van der Waals surface area contributed by atoms with E-state index in [9.17, 15) is 14.4 Å². The van der Waals surface area contributed by atoms with Gasteiger partial charge in [0.25, 0.3) is 0 Å². The Hall–Kier alpha value is -1.65. The summed E-state index contributed by atoms with van der Waals surface area (Å²) in [5.74, 6) is -2.06. The van der Waals surface area contributed by atoms with E-state index in [-0.39, 0.29) is 18.8 Å². The second-order valence-electron chi connectivity index (χ2n) is 2.59. The number of ether oxygens (including phenoxy) is 2. The van der Waals surface area contributed by atoms with Gasteiger partial charge in [-0.3, -0.25) is 4.79 Å². The van der Waals surface area contributed by atoms with Crippen LogP contribution in [0.2, 0.25) is 0 Å². The van der Waals surface area contributed by atoms with Crippen LogP contribution < -0.4 is 0 Å². The second kappa shape index (κ2) is 6.75. The van der Waals surface area contributed by atoms with Crippen LogP contribution in [0, 0.1) is 0 Å². The Morgan fingerprint density at radius 2 is 1.60 bits per heavy atom. The molecule has 0 aliphatic rings. The normalized spacial score (nSPS) is 10.7. The van der Waals surface area contributed by atoms with Gasteiger partial charge in [-0.2, -0.15) is 0 Å². The monoisotopic (exact) mass is 214 g/mol. The predicted molar refractivity (Wildman–Crippen MR) is 52.0 cm³/mol. The Bertz CT molecular complexity index is 290. The summed E-state index contributed by atoms with van der Waals surface area (Å²) in [6.07, 6.45) is 0.851. The van der Waals surface area contributed by atoms with Crippen LogP contribution in [0.4, 0.5) is 0 Å². The Morgan fingerprint density at radius 1 is 1.07 bits per heavy atom. The SMILES string of the molecule is CCOC(=O)/C=C(\C(C)=O)C(=O)OCC. The summed E-state index contributed by atoms with van der Waals surface area (Å²) >= 11 is 0. The number of Topliss-reactive ketones (excluding diaryl/α,β-unsaturated/α-hetero) is 1. The quantitative estimate of drug-likeness (QED) is 0.290. The highest BCUT2D eigenvalue weighted by Gasteiger charge is 2.17. The zero-order valence-electron chi connectivity index (χ0n) is 9.03. The van der Waals surface area contributed by atoms with E-state index < -0.39 is 17.7 Å². The molecule has 0 aromatic carbocycles. The van der Waals surface area contributed by atoms with Crippen LogP contribution in [-0.2, 0) is 23.9 Å². The van der Waals surface area contributed by atoms with Crippen LogP contribution in [-0.4, -0.2) is 30.9 Å². The zero-order valence-corrected chi connectivity index (χ0v) is 9.03. The summed E-state index contributed by atoms with van der Waals surface area (Å²) in [7, 11) is 0. The molecule has 0 saturated carbocycles. The number of hydrogen-bond acceptors (Lipinski definition) is 5. The van der Waals surface area contributed by atoms with Gasteiger partial charge in [0, 0.05) is 6.08 Å². The second-order valence-corrected chi connectivity index (χ2v) is 2.59. The van der Waals surface area contributed by atoms with E-state index in [1.165, 1.54) is 6.92 Å². The van der Waals surface area contributed by atoms with E-state index >= 15 is 0 Å². The molecule has 0 saturated heterocycles. The van der Waals surface area contributed by atoms with Crippen molar-refractivity contribution >= 4 is 17.7 Å². The van der Waals surface area contributed by atoms with Crippen molar-refractivity contribution in [3.8, 4) is 0 Å². The summed E-state index contributed by atoms with van der Waals surface area (Å²) in [5, 5.41) is 0. The number of hydrogen-bond donors (Lipinski definition) is 0. The lowest BCUT2D eigenvalue weighted by atomic mass is 10.2. The van der Waals surface area contributed by atoms with E-state index in [4.69, 9.17) is 0 Å². The lowest BCUT2D eigenvalue weighted by Crippen LogP contribution is -2.16. The number of carbonyl (C=O) groups excluding carboxylic acids is 3. The van der Waals surface area contributed by atoms with Crippen molar-refractivity contribution in [2.45, 2.75) is 20.8 Å². The summed E-state index contributed by atoms with van der Waals surface area (Å²) < 4.78 is 9.18. The van der Waals surface area contributed by atoms with Crippen LogP contribution in [0.5, 0.6) is 0 Å². The Balaban J connectivity index is 4.73. The average molecular weight is 214 g/mol. The number of rotatable bonds is 5. The van der Waals surface area contributed by atoms with Crippen LogP contribution in [0.15, 0.2) is 11.6 Å². The molecule has 0 fully saturated rings. The van der Waals surface area contributed by atoms with Gasteiger partial charge in [0.15, 0.2) is 5.78 Å². The Morgan fingerprint density at radius 3 is 2.00 bits per heavy atom. The fourth-order valence-electron chi connectivity index (χ4n) is 0.815. The molecule has 0 aliphatic heterocycles. The van der Waals surface area contributed by atoms with Crippen molar-refractivity contribution < 1.29 is 23.9 Å². The molecule has 0 aromatic rings. The minimum absolute atomic E-state index is 0.145. The first-order valence-electron chi connectivity index (χ1n) is 4.59. The van der Waals surface area contributed by atoms with Gasteiger partial charge in [-0.15, -0.1) is 0 Å². The summed E-state index contributed by atoms with van der Waals surface area (Å²) in [4.78, 5) is 33.2. The van der Waals surface area contributed by atoms with Crippen molar-refractivity contribution in [3.05, 3.63) is 11.6 Å². The largest absolute Gasteiger partial charge is 0.463 e. The molecule has 0 N–H and O–H groups in total. The summed E-state index contributed by atoms with van der Waals surface area (Å²) in [6.45, 7) is 4.75. The highest BCUT2D eigenvalue weighted by Crippen LogP contribution is 2.01. The van der Waals surface area contributed by atoms with E-state index in [2.05, 4.69) is 9.47 Å². The van der Waals surface area contributed by atoms with Gasteiger partial charge in [-0.1, -0.05) is 0 Å². The topological polar surface area (TPSA) is 69.7 Å². The number of esters is 2. The average Bonchev–Trinajstić information content (AvgIpc) is 2.14. The molecule has 0 aliphatic carbocycles. The number of ketones is 1. The molecule has 0 heterocycles. The molecule has 0 rings (SSSR count). The molecule has 0 atom stereocenters. The van der Waals surface area contributed by atoms with Crippen molar-refractivity contribution in [2.75, 3.05) is 13.2 Å². The van der Waals surface area contributed by atoms with Crippen LogP contribution >= 0.6 is 0 Å². The fraction of sp³-hybridized carbons (Fsp3) is 0.500. The molecule has 15 heavy (non-hydrogen) atoms. The smallest absolute Gasteiger partial charge is 0.342 e. The maximum absolute atomic E-state index is 11.2. The minimum atomic E-state index is -0.807.